The van der Waals surface area contributed by atoms with Crippen LogP contribution in [-0.2, 0) is 11.2 Å². The topological polar surface area (TPSA) is 72.5 Å². The molecular formula is C14H18FNO3. The molecule has 0 heterocycles. The molecule has 5 heteroatoms. The number of carboxylic acids is 1. The van der Waals surface area contributed by atoms with Crippen molar-refractivity contribution in [1.29, 1.82) is 0 Å². The fraction of sp³-hybridized carbons (Fsp3) is 0.500. The van der Waals surface area contributed by atoms with E-state index in [4.69, 9.17) is 15.6 Å². The number of carbonyl (C=O) groups is 1. The van der Waals surface area contributed by atoms with Crippen molar-refractivity contribution < 1.29 is 19.0 Å². The Hall–Kier alpha value is -1.62. The molecule has 3 atom stereocenters. The quantitative estimate of drug-likeness (QED) is 0.854. The number of carboxylic acid groups (broad SMARTS) is 1. The minimum absolute atomic E-state index is 0.0536. The summed E-state index contributed by atoms with van der Waals surface area (Å²) >= 11 is 0. The number of rotatable bonds is 5. The summed E-state index contributed by atoms with van der Waals surface area (Å²) in [5, 5.41) is 8.73. The SMILES string of the molecule is NC(Cc1ccc(OC2CCC(F)C2)cc1)C(=O)O. The Bertz CT molecular complexity index is 435. The predicted octanol–water partition coefficient (Wildman–Crippen LogP) is 1.91. The van der Waals surface area contributed by atoms with Crippen LogP contribution in [0, 0.1) is 0 Å². The van der Waals surface area contributed by atoms with E-state index in [1.54, 1.807) is 24.3 Å². The third kappa shape index (κ3) is 3.92. The van der Waals surface area contributed by atoms with Crippen LogP contribution in [0.25, 0.3) is 0 Å². The van der Waals surface area contributed by atoms with E-state index in [1.165, 1.54) is 0 Å². The van der Waals surface area contributed by atoms with Gasteiger partial charge in [-0.1, -0.05) is 12.1 Å². The number of halogens is 1. The lowest BCUT2D eigenvalue weighted by Gasteiger charge is -2.13. The first-order chi connectivity index (χ1) is 9.04. The Morgan fingerprint density at radius 3 is 2.63 bits per heavy atom. The van der Waals surface area contributed by atoms with E-state index < -0.39 is 18.2 Å². The second-order valence-corrected chi connectivity index (χ2v) is 4.94. The number of nitrogens with two attached hydrogens (primary N) is 1. The molecule has 1 aromatic carbocycles. The highest BCUT2D eigenvalue weighted by Gasteiger charge is 2.25. The first-order valence-corrected chi connectivity index (χ1v) is 6.42. The summed E-state index contributed by atoms with van der Waals surface area (Å²) in [6.07, 6.45) is 1.24. The van der Waals surface area contributed by atoms with Crippen molar-refractivity contribution in [2.24, 2.45) is 5.73 Å². The molecule has 1 fully saturated rings. The van der Waals surface area contributed by atoms with Gasteiger partial charge in [0.05, 0.1) is 0 Å². The Morgan fingerprint density at radius 2 is 2.11 bits per heavy atom. The van der Waals surface area contributed by atoms with Gasteiger partial charge in [0, 0.05) is 6.42 Å². The summed E-state index contributed by atoms with van der Waals surface area (Å²) in [4.78, 5) is 10.6. The van der Waals surface area contributed by atoms with Gasteiger partial charge in [-0.25, -0.2) is 4.39 Å². The molecule has 1 aliphatic carbocycles. The highest BCUT2D eigenvalue weighted by atomic mass is 19.1. The van der Waals surface area contributed by atoms with Crippen molar-refractivity contribution in [2.75, 3.05) is 0 Å². The van der Waals surface area contributed by atoms with Gasteiger partial charge in [0.15, 0.2) is 0 Å². The smallest absolute Gasteiger partial charge is 0.320 e. The van der Waals surface area contributed by atoms with E-state index in [0.717, 1.165) is 12.0 Å². The molecule has 0 amide bonds. The van der Waals surface area contributed by atoms with E-state index in [2.05, 4.69) is 0 Å². The van der Waals surface area contributed by atoms with E-state index >= 15 is 0 Å². The molecule has 104 valence electrons. The third-order valence-electron chi connectivity index (χ3n) is 3.32. The van der Waals surface area contributed by atoms with Gasteiger partial charge in [-0.2, -0.15) is 0 Å². The van der Waals surface area contributed by atoms with E-state index in [9.17, 15) is 9.18 Å². The Morgan fingerprint density at radius 1 is 1.42 bits per heavy atom. The van der Waals surface area contributed by atoms with Gasteiger partial charge in [0.2, 0.25) is 0 Å². The van der Waals surface area contributed by atoms with Crippen molar-refractivity contribution in [1.82, 2.24) is 0 Å². The van der Waals surface area contributed by atoms with Crippen LogP contribution in [-0.4, -0.2) is 29.4 Å². The third-order valence-corrected chi connectivity index (χ3v) is 3.32. The van der Waals surface area contributed by atoms with E-state index in [-0.39, 0.29) is 12.5 Å². The van der Waals surface area contributed by atoms with Gasteiger partial charge >= 0.3 is 5.97 Å². The number of alkyl halides is 1. The lowest BCUT2D eigenvalue weighted by molar-refractivity contribution is -0.138. The molecule has 3 N–H and O–H groups in total. The normalized spacial score (nSPS) is 24.1. The molecule has 0 bridgehead atoms. The summed E-state index contributed by atoms with van der Waals surface area (Å²) in [6, 6.07) is 6.24. The lowest BCUT2D eigenvalue weighted by Crippen LogP contribution is -2.32. The standard InChI is InChI=1S/C14H18FNO3/c15-10-3-6-12(8-10)19-11-4-1-9(2-5-11)7-13(16)14(17)18/h1-2,4-5,10,12-13H,3,6-8,16H2,(H,17,18). The minimum Gasteiger partial charge on any atom is -0.490 e. The summed E-state index contributed by atoms with van der Waals surface area (Å²) in [5.74, 6) is -0.327. The molecule has 0 aliphatic heterocycles. The van der Waals surface area contributed by atoms with Gasteiger partial charge in [-0.15, -0.1) is 0 Å². The summed E-state index contributed by atoms with van der Waals surface area (Å²) in [6.45, 7) is 0. The van der Waals surface area contributed by atoms with Crippen LogP contribution in [0.1, 0.15) is 24.8 Å². The molecule has 4 nitrogen and oxygen atoms in total. The first kappa shape index (κ1) is 13.8. The maximum Gasteiger partial charge on any atom is 0.320 e. The minimum atomic E-state index is -1.01. The fourth-order valence-corrected chi connectivity index (χ4v) is 2.23. The molecule has 0 aromatic heterocycles. The van der Waals surface area contributed by atoms with Crippen molar-refractivity contribution in [3.8, 4) is 5.75 Å². The van der Waals surface area contributed by atoms with Crippen LogP contribution < -0.4 is 10.5 Å². The summed E-state index contributed by atoms with van der Waals surface area (Å²) < 4.78 is 18.7. The zero-order chi connectivity index (χ0) is 13.8. The molecule has 0 spiro atoms. The van der Waals surface area contributed by atoms with Gasteiger partial charge in [0.25, 0.3) is 0 Å². The molecule has 1 aliphatic rings. The Labute approximate surface area is 111 Å². The van der Waals surface area contributed by atoms with Gasteiger partial charge in [-0.3, -0.25) is 4.79 Å². The molecule has 1 aromatic rings. The van der Waals surface area contributed by atoms with Gasteiger partial charge in [0.1, 0.15) is 24.1 Å². The van der Waals surface area contributed by atoms with E-state index in [0.29, 0.717) is 18.6 Å². The van der Waals surface area contributed by atoms with Gasteiger partial charge < -0.3 is 15.6 Å². The maximum absolute atomic E-state index is 13.0. The van der Waals surface area contributed by atoms with Crippen molar-refractivity contribution in [3.63, 3.8) is 0 Å². The second-order valence-electron chi connectivity index (χ2n) is 4.94. The number of benzene rings is 1. The predicted molar refractivity (Wildman–Crippen MR) is 68.9 cm³/mol. The Kier molecular flexibility index (Phi) is 4.37. The number of ether oxygens (including phenoxy) is 1. The molecule has 2 rings (SSSR count). The average Bonchev–Trinajstić information content (AvgIpc) is 2.77. The highest BCUT2D eigenvalue weighted by molar-refractivity contribution is 5.73. The van der Waals surface area contributed by atoms with Crippen LogP contribution in [0.4, 0.5) is 4.39 Å². The highest BCUT2D eigenvalue weighted by Crippen LogP contribution is 2.26. The summed E-state index contributed by atoms with van der Waals surface area (Å²) in [5.41, 5.74) is 6.31. The van der Waals surface area contributed by atoms with Crippen LogP contribution in [0.2, 0.25) is 0 Å². The zero-order valence-corrected chi connectivity index (χ0v) is 10.6. The first-order valence-electron chi connectivity index (χ1n) is 6.42. The molecule has 19 heavy (non-hydrogen) atoms. The number of hydrogen-bond donors (Lipinski definition) is 2. The van der Waals surface area contributed by atoms with Gasteiger partial charge in [-0.05, 0) is 37.0 Å². The molecule has 0 radical (unpaired) electrons. The summed E-state index contributed by atoms with van der Waals surface area (Å²) in [7, 11) is 0. The van der Waals surface area contributed by atoms with Crippen molar-refractivity contribution in [3.05, 3.63) is 29.8 Å². The molecule has 1 saturated carbocycles. The molecule has 0 saturated heterocycles. The van der Waals surface area contributed by atoms with Crippen LogP contribution in [0.3, 0.4) is 0 Å². The fourth-order valence-electron chi connectivity index (χ4n) is 2.23. The Balaban J connectivity index is 1.89. The number of hydrogen-bond acceptors (Lipinski definition) is 3. The zero-order valence-electron chi connectivity index (χ0n) is 10.6. The average molecular weight is 267 g/mol. The second kappa shape index (κ2) is 6.02. The van der Waals surface area contributed by atoms with Crippen LogP contribution >= 0.6 is 0 Å². The monoisotopic (exact) mass is 267 g/mol. The van der Waals surface area contributed by atoms with Crippen molar-refractivity contribution in [2.45, 2.75) is 44.0 Å². The lowest BCUT2D eigenvalue weighted by atomic mass is 10.1. The molecular weight excluding hydrogens is 249 g/mol. The van der Waals surface area contributed by atoms with Crippen molar-refractivity contribution >= 4 is 5.97 Å². The maximum atomic E-state index is 13.0. The van der Waals surface area contributed by atoms with Crippen LogP contribution in [0.15, 0.2) is 24.3 Å². The molecule has 3 unspecified atom stereocenters. The van der Waals surface area contributed by atoms with E-state index in [1.807, 2.05) is 0 Å². The van der Waals surface area contributed by atoms with Crippen LogP contribution in [0.5, 0.6) is 5.75 Å². The largest absolute Gasteiger partial charge is 0.490 e. The number of aliphatic carboxylic acids is 1.